The molecule has 1 amide bonds. The highest BCUT2D eigenvalue weighted by Gasteiger charge is 2.30. The van der Waals surface area contributed by atoms with E-state index in [0.29, 0.717) is 22.7 Å². The van der Waals surface area contributed by atoms with Crippen LogP contribution in [0, 0.1) is 0 Å². The van der Waals surface area contributed by atoms with Crippen molar-refractivity contribution in [2.45, 2.75) is 23.5 Å². The average molecular weight is 558 g/mol. The molecule has 0 bridgehead atoms. The molecule has 8 nitrogen and oxygen atoms in total. The van der Waals surface area contributed by atoms with Crippen LogP contribution in [0.15, 0.2) is 83.8 Å². The Morgan fingerprint density at radius 1 is 0.974 bits per heavy atom. The van der Waals surface area contributed by atoms with Crippen molar-refractivity contribution < 1.29 is 33.6 Å². The number of rotatable bonds is 14. The predicted octanol–water partition coefficient (Wildman–Crippen LogP) is 5.38. The number of amides is 1. The van der Waals surface area contributed by atoms with Gasteiger partial charge in [0.25, 0.3) is 0 Å². The molecule has 0 fully saturated rings. The largest absolute Gasteiger partial charge is 0.491 e. The lowest BCUT2D eigenvalue weighted by Crippen LogP contribution is -2.32. The first-order valence-corrected chi connectivity index (χ1v) is 13.8. The Hall–Kier alpha value is -3.34. The van der Waals surface area contributed by atoms with Crippen LogP contribution < -0.4 is 14.8 Å². The molecule has 0 aliphatic carbocycles. The molecule has 10 heteroatoms. The smallest absolute Gasteiger partial charge is 0.412 e. The maximum Gasteiger partial charge on any atom is 0.412 e. The third-order valence-electron chi connectivity index (χ3n) is 5.28. The van der Waals surface area contributed by atoms with Crippen LogP contribution in [0.25, 0.3) is 0 Å². The summed E-state index contributed by atoms with van der Waals surface area (Å²) in [4.78, 5) is 25.8. The number of aliphatic hydroxyl groups excluding tert-OH is 1. The Bertz CT molecular complexity index is 1150. The van der Waals surface area contributed by atoms with E-state index < -0.39 is 24.3 Å². The lowest BCUT2D eigenvalue weighted by atomic mass is 10.0. The van der Waals surface area contributed by atoms with E-state index >= 15 is 0 Å². The number of para-hydroxylation sites is 1. The third-order valence-corrected chi connectivity index (χ3v) is 6.28. The molecule has 3 aromatic rings. The van der Waals surface area contributed by atoms with Crippen molar-refractivity contribution in [3.05, 3.63) is 84.4 Å². The second-order valence-corrected chi connectivity index (χ2v) is 9.16. The number of thiol groups is 1. The van der Waals surface area contributed by atoms with E-state index in [-0.39, 0.29) is 32.0 Å². The molecule has 0 aromatic heterocycles. The van der Waals surface area contributed by atoms with Crippen LogP contribution in [0.4, 0.5) is 10.5 Å². The molecule has 0 aliphatic rings. The Balaban J connectivity index is 1.89. The number of carbonyl (C=O) groups excluding carboxylic acids is 2. The number of hydrogen-bond acceptors (Lipinski definition) is 9. The summed E-state index contributed by atoms with van der Waals surface area (Å²) in [5.41, 5.74) is 1.18. The SMILES string of the molecule is CSc1ccc(NC(=O)O[C@@H](c2cccc(OCCO)c2)[C@H](CCOC(=O)CS)Oc2ccccc2)cc1. The Labute approximate surface area is 232 Å². The molecule has 0 unspecified atom stereocenters. The quantitative estimate of drug-likeness (QED) is 0.138. The molecule has 0 spiro atoms. The maximum atomic E-state index is 13.0. The first kappa shape index (κ1) is 29.2. The summed E-state index contributed by atoms with van der Waals surface area (Å²) < 4.78 is 23.0. The molecule has 3 rings (SSSR count). The van der Waals surface area contributed by atoms with Crippen LogP contribution in [-0.4, -0.2) is 55.1 Å². The van der Waals surface area contributed by atoms with Crippen molar-refractivity contribution in [3.8, 4) is 11.5 Å². The average Bonchev–Trinajstić information content (AvgIpc) is 2.95. The van der Waals surface area contributed by atoms with Gasteiger partial charge in [-0.3, -0.25) is 10.1 Å². The van der Waals surface area contributed by atoms with Crippen molar-refractivity contribution >= 4 is 42.1 Å². The normalized spacial score (nSPS) is 12.2. The number of aliphatic hydroxyl groups is 1. The fourth-order valence-electron chi connectivity index (χ4n) is 3.52. The van der Waals surface area contributed by atoms with Gasteiger partial charge in [0, 0.05) is 17.0 Å². The van der Waals surface area contributed by atoms with Gasteiger partial charge < -0.3 is 24.1 Å². The molecule has 2 atom stereocenters. The first-order chi connectivity index (χ1) is 18.5. The number of carbonyl (C=O) groups is 2. The van der Waals surface area contributed by atoms with Gasteiger partial charge in [-0.25, -0.2) is 4.79 Å². The molecular formula is C28H31NO7S2. The summed E-state index contributed by atoms with van der Waals surface area (Å²) in [7, 11) is 0. The summed E-state index contributed by atoms with van der Waals surface area (Å²) in [6.45, 7) is 0.0124. The maximum absolute atomic E-state index is 13.0. The van der Waals surface area contributed by atoms with E-state index in [1.54, 1.807) is 60.3 Å². The van der Waals surface area contributed by atoms with Gasteiger partial charge in [-0.1, -0.05) is 30.3 Å². The van der Waals surface area contributed by atoms with E-state index in [9.17, 15) is 9.59 Å². The highest BCUT2D eigenvalue weighted by molar-refractivity contribution is 7.98. The number of hydrogen-bond donors (Lipinski definition) is 3. The molecule has 0 saturated heterocycles. The minimum Gasteiger partial charge on any atom is -0.491 e. The first-order valence-electron chi connectivity index (χ1n) is 12.0. The summed E-state index contributed by atoms with van der Waals surface area (Å²) in [5, 5.41) is 11.9. The van der Waals surface area contributed by atoms with E-state index in [2.05, 4.69) is 17.9 Å². The molecular weight excluding hydrogens is 526 g/mol. The van der Waals surface area contributed by atoms with Gasteiger partial charge in [0.05, 0.1) is 19.0 Å². The number of nitrogens with one attached hydrogen (secondary N) is 1. The van der Waals surface area contributed by atoms with Crippen molar-refractivity contribution in [2.24, 2.45) is 0 Å². The fourth-order valence-corrected chi connectivity index (χ4v) is 4.02. The minimum atomic E-state index is -0.895. The van der Waals surface area contributed by atoms with E-state index in [1.807, 2.05) is 36.6 Å². The summed E-state index contributed by atoms with van der Waals surface area (Å²) >= 11 is 5.54. The standard InChI is InChI=1S/C28H31NO7S2/c1-38-24-12-10-21(11-13-24)29-28(32)36-27(20-6-5-9-23(18-20)33-17-15-30)25(14-16-34-26(31)19-37)35-22-7-3-2-4-8-22/h2-13,18,25,27,30,37H,14-17,19H2,1H3,(H,29,32)/t25-,27-/m0/s1. The van der Waals surface area contributed by atoms with Crippen LogP contribution in [0.5, 0.6) is 11.5 Å². The van der Waals surface area contributed by atoms with Crippen LogP contribution in [0.1, 0.15) is 18.1 Å². The third kappa shape index (κ3) is 9.51. The molecule has 3 aromatic carbocycles. The topological polar surface area (TPSA) is 103 Å². The fraction of sp³-hybridized carbons (Fsp3) is 0.286. The summed E-state index contributed by atoms with van der Waals surface area (Å²) in [5.74, 6) is 0.548. The van der Waals surface area contributed by atoms with E-state index in [1.165, 1.54) is 0 Å². The molecule has 38 heavy (non-hydrogen) atoms. The molecule has 2 N–H and O–H groups in total. The zero-order valence-electron chi connectivity index (χ0n) is 20.9. The molecule has 0 aliphatic heterocycles. The van der Waals surface area contributed by atoms with Crippen molar-refractivity contribution in [1.82, 2.24) is 0 Å². The second kappa shape index (κ2) is 15.8. The van der Waals surface area contributed by atoms with Gasteiger partial charge in [-0.2, -0.15) is 12.6 Å². The van der Waals surface area contributed by atoms with Gasteiger partial charge in [0.2, 0.25) is 0 Å². The van der Waals surface area contributed by atoms with Crippen molar-refractivity contribution in [3.63, 3.8) is 0 Å². The minimum absolute atomic E-state index is 0.0369. The molecule has 0 heterocycles. The van der Waals surface area contributed by atoms with Crippen LogP contribution >= 0.6 is 24.4 Å². The van der Waals surface area contributed by atoms with Crippen LogP contribution in [0.2, 0.25) is 0 Å². The van der Waals surface area contributed by atoms with Gasteiger partial charge >= 0.3 is 12.1 Å². The lowest BCUT2D eigenvalue weighted by Gasteiger charge is -2.28. The molecule has 0 radical (unpaired) electrons. The van der Waals surface area contributed by atoms with Crippen LogP contribution in [-0.2, 0) is 14.3 Å². The number of anilines is 1. The van der Waals surface area contributed by atoms with Crippen LogP contribution in [0.3, 0.4) is 0 Å². The monoisotopic (exact) mass is 557 g/mol. The van der Waals surface area contributed by atoms with Gasteiger partial charge in [0.1, 0.15) is 24.2 Å². The summed E-state index contributed by atoms with van der Waals surface area (Å²) in [6, 6.07) is 23.5. The van der Waals surface area contributed by atoms with Crippen molar-refractivity contribution in [1.29, 1.82) is 0 Å². The second-order valence-electron chi connectivity index (χ2n) is 7.96. The lowest BCUT2D eigenvalue weighted by molar-refractivity contribution is -0.141. The van der Waals surface area contributed by atoms with Gasteiger partial charge in [-0.15, -0.1) is 11.8 Å². The Kier molecular flexibility index (Phi) is 12.2. The highest BCUT2D eigenvalue weighted by atomic mass is 32.2. The number of benzene rings is 3. The van der Waals surface area contributed by atoms with Crippen molar-refractivity contribution in [2.75, 3.05) is 37.1 Å². The van der Waals surface area contributed by atoms with Gasteiger partial charge in [0.15, 0.2) is 6.10 Å². The van der Waals surface area contributed by atoms with E-state index in [4.69, 9.17) is 24.1 Å². The Morgan fingerprint density at radius 3 is 2.39 bits per heavy atom. The summed E-state index contributed by atoms with van der Waals surface area (Å²) in [6.07, 6.45) is -0.0881. The predicted molar refractivity (Wildman–Crippen MR) is 150 cm³/mol. The number of esters is 1. The number of thioether (sulfide) groups is 1. The van der Waals surface area contributed by atoms with E-state index in [0.717, 1.165) is 4.90 Å². The molecule has 202 valence electrons. The highest BCUT2D eigenvalue weighted by Crippen LogP contribution is 2.31. The zero-order chi connectivity index (χ0) is 27.2. The number of ether oxygens (including phenoxy) is 4. The molecule has 0 saturated carbocycles. The van der Waals surface area contributed by atoms with Gasteiger partial charge in [-0.05, 0) is 60.4 Å². The zero-order valence-corrected chi connectivity index (χ0v) is 22.7. The Morgan fingerprint density at radius 2 is 1.71 bits per heavy atom.